The van der Waals surface area contributed by atoms with Gasteiger partial charge in [0.25, 0.3) is 11.6 Å². The number of hydrogen-bond acceptors (Lipinski definition) is 8. The Balaban J connectivity index is 1.73. The summed E-state index contributed by atoms with van der Waals surface area (Å²) >= 11 is 10.6. The van der Waals surface area contributed by atoms with Crippen LogP contribution in [0.2, 0.25) is 5.02 Å². The lowest BCUT2D eigenvalue weighted by Crippen LogP contribution is -2.28. The van der Waals surface area contributed by atoms with Gasteiger partial charge in [-0.15, -0.1) is 16.4 Å². The topological polar surface area (TPSA) is 125 Å². The SMILES string of the molecule is O=C(COc1cnccn1)N/N=c1/scc(-c2ccc(Br)cc2)n1-c1ccc(Cl)cc1[N+](=O)[O-]. The molecule has 1 amide bonds. The van der Waals surface area contributed by atoms with Gasteiger partial charge in [0.1, 0.15) is 5.69 Å². The molecule has 13 heteroatoms. The molecule has 1 N–H and O–H groups in total. The fraction of sp³-hybridized carbons (Fsp3) is 0.0476. The molecule has 4 aromatic rings. The summed E-state index contributed by atoms with van der Waals surface area (Å²) in [5.74, 6) is -0.348. The highest BCUT2D eigenvalue weighted by Crippen LogP contribution is 2.31. The third kappa shape index (κ3) is 5.47. The normalized spacial score (nSPS) is 11.3. The van der Waals surface area contributed by atoms with Crippen LogP contribution >= 0.6 is 38.9 Å². The first-order valence-corrected chi connectivity index (χ1v) is 11.6. The molecule has 4 rings (SSSR count). The van der Waals surface area contributed by atoms with E-state index in [-0.39, 0.29) is 28.9 Å². The summed E-state index contributed by atoms with van der Waals surface area (Å²) in [6, 6.07) is 11.8. The van der Waals surface area contributed by atoms with Crippen LogP contribution in [0.5, 0.6) is 5.88 Å². The number of benzene rings is 2. The average Bonchev–Trinajstić information content (AvgIpc) is 3.26. The molecule has 0 saturated carbocycles. The molecule has 0 aliphatic rings. The van der Waals surface area contributed by atoms with E-state index in [1.54, 1.807) is 16.0 Å². The van der Waals surface area contributed by atoms with Crippen molar-refractivity contribution in [1.82, 2.24) is 20.0 Å². The number of carbonyl (C=O) groups excluding carboxylic acids is 1. The molecule has 0 aliphatic heterocycles. The van der Waals surface area contributed by atoms with Crippen LogP contribution in [0, 0.1) is 10.1 Å². The van der Waals surface area contributed by atoms with Gasteiger partial charge in [0.2, 0.25) is 10.7 Å². The predicted molar refractivity (Wildman–Crippen MR) is 130 cm³/mol. The van der Waals surface area contributed by atoms with Crippen LogP contribution in [-0.4, -0.2) is 32.0 Å². The zero-order valence-electron chi connectivity index (χ0n) is 17.1. The van der Waals surface area contributed by atoms with E-state index < -0.39 is 10.8 Å². The third-order valence-electron chi connectivity index (χ3n) is 4.39. The Morgan fingerprint density at radius 1 is 1.26 bits per heavy atom. The van der Waals surface area contributed by atoms with Gasteiger partial charge in [-0.1, -0.05) is 39.7 Å². The van der Waals surface area contributed by atoms with Crippen molar-refractivity contribution in [1.29, 1.82) is 0 Å². The molecule has 0 unspecified atom stereocenters. The third-order valence-corrected chi connectivity index (χ3v) is 5.98. The van der Waals surface area contributed by atoms with Crippen molar-refractivity contribution >= 4 is 50.5 Å². The van der Waals surface area contributed by atoms with Crippen LogP contribution in [0.15, 0.2) is 76.0 Å². The first-order chi connectivity index (χ1) is 16.4. The minimum atomic E-state index is -0.540. The molecule has 172 valence electrons. The van der Waals surface area contributed by atoms with E-state index in [0.29, 0.717) is 10.5 Å². The number of hydrogen-bond donors (Lipinski definition) is 1. The molecule has 34 heavy (non-hydrogen) atoms. The van der Waals surface area contributed by atoms with E-state index in [1.807, 2.05) is 24.3 Å². The highest BCUT2D eigenvalue weighted by molar-refractivity contribution is 9.10. The maximum atomic E-state index is 12.3. The number of carbonyl (C=O) groups is 1. The molecule has 0 saturated heterocycles. The van der Waals surface area contributed by atoms with Gasteiger partial charge < -0.3 is 4.74 Å². The number of ether oxygens (including phenoxy) is 1. The van der Waals surface area contributed by atoms with Gasteiger partial charge in [-0.25, -0.2) is 10.4 Å². The molecule has 0 aliphatic carbocycles. The Morgan fingerprint density at radius 3 is 2.76 bits per heavy atom. The van der Waals surface area contributed by atoms with E-state index in [4.69, 9.17) is 16.3 Å². The Hall–Kier alpha value is -3.61. The fourth-order valence-corrected chi connectivity index (χ4v) is 4.21. The maximum Gasteiger partial charge on any atom is 0.294 e. The first-order valence-electron chi connectivity index (χ1n) is 9.54. The maximum absolute atomic E-state index is 12.3. The quantitative estimate of drug-likeness (QED) is 0.264. The Morgan fingerprint density at radius 2 is 2.06 bits per heavy atom. The van der Waals surface area contributed by atoms with E-state index >= 15 is 0 Å². The molecule has 10 nitrogen and oxygen atoms in total. The second-order valence-electron chi connectivity index (χ2n) is 6.62. The van der Waals surface area contributed by atoms with Gasteiger partial charge in [-0.2, -0.15) is 0 Å². The van der Waals surface area contributed by atoms with E-state index in [0.717, 1.165) is 10.0 Å². The second-order valence-corrected chi connectivity index (χ2v) is 8.80. The minimum absolute atomic E-state index is 0.193. The molecule has 0 spiro atoms. The molecule has 2 heterocycles. The van der Waals surface area contributed by atoms with Crippen molar-refractivity contribution in [3.05, 3.63) is 90.8 Å². The van der Waals surface area contributed by atoms with Crippen LogP contribution in [0.3, 0.4) is 0 Å². The smallest absolute Gasteiger partial charge is 0.294 e. The summed E-state index contributed by atoms with van der Waals surface area (Å²) in [4.78, 5) is 31.6. The molecule has 0 radical (unpaired) electrons. The molecular formula is C21H14BrClN6O4S. The van der Waals surface area contributed by atoms with E-state index in [1.165, 1.54) is 42.1 Å². The van der Waals surface area contributed by atoms with Gasteiger partial charge in [0.05, 0.1) is 16.8 Å². The van der Waals surface area contributed by atoms with Crippen molar-refractivity contribution in [3.63, 3.8) is 0 Å². The van der Waals surface area contributed by atoms with Crippen molar-refractivity contribution in [2.75, 3.05) is 6.61 Å². The fourth-order valence-electron chi connectivity index (χ4n) is 2.92. The number of rotatable bonds is 7. The van der Waals surface area contributed by atoms with Gasteiger partial charge in [-0.3, -0.25) is 24.5 Å². The van der Waals surface area contributed by atoms with Crippen LogP contribution in [-0.2, 0) is 4.79 Å². The number of nitro groups is 1. The summed E-state index contributed by atoms with van der Waals surface area (Å²) in [5.41, 5.74) is 3.89. The van der Waals surface area contributed by atoms with Crippen molar-refractivity contribution < 1.29 is 14.5 Å². The van der Waals surface area contributed by atoms with Crippen molar-refractivity contribution in [2.24, 2.45) is 5.10 Å². The predicted octanol–water partition coefficient (Wildman–Crippen LogP) is 4.33. The summed E-state index contributed by atoms with van der Waals surface area (Å²) in [6.07, 6.45) is 4.30. The Bertz CT molecular complexity index is 1410. The number of nitrogens with zero attached hydrogens (tertiary/aromatic N) is 5. The number of thiazole rings is 1. The van der Waals surface area contributed by atoms with Crippen LogP contribution < -0.4 is 15.0 Å². The number of aromatic nitrogens is 3. The van der Waals surface area contributed by atoms with Gasteiger partial charge in [0, 0.05) is 33.3 Å². The highest BCUT2D eigenvalue weighted by Gasteiger charge is 2.20. The monoisotopic (exact) mass is 560 g/mol. The van der Waals surface area contributed by atoms with Gasteiger partial charge >= 0.3 is 0 Å². The lowest BCUT2D eigenvalue weighted by molar-refractivity contribution is -0.384. The minimum Gasteiger partial charge on any atom is -0.466 e. The molecule has 0 bridgehead atoms. The molecule has 2 aromatic carbocycles. The average molecular weight is 562 g/mol. The molecule has 0 atom stereocenters. The number of halogens is 2. The van der Waals surface area contributed by atoms with Crippen molar-refractivity contribution in [3.8, 4) is 22.8 Å². The number of nitro benzene ring substituents is 1. The summed E-state index contributed by atoms with van der Waals surface area (Å²) in [6.45, 7) is -0.339. The van der Waals surface area contributed by atoms with Crippen LogP contribution in [0.1, 0.15) is 0 Å². The number of amides is 1. The Labute approximate surface area is 209 Å². The zero-order chi connectivity index (χ0) is 24.1. The van der Waals surface area contributed by atoms with Gasteiger partial charge in [0.15, 0.2) is 6.61 Å². The first kappa shape index (κ1) is 23.5. The second kappa shape index (κ2) is 10.5. The highest BCUT2D eigenvalue weighted by atomic mass is 79.9. The zero-order valence-corrected chi connectivity index (χ0v) is 20.2. The van der Waals surface area contributed by atoms with E-state index in [9.17, 15) is 14.9 Å². The lowest BCUT2D eigenvalue weighted by Gasteiger charge is -2.10. The van der Waals surface area contributed by atoms with E-state index in [2.05, 4.69) is 36.4 Å². The molecule has 2 aromatic heterocycles. The van der Waals surface area contributed by atoms with Crippen LogP contribution in [0.25, 0.3) is 16.9 Å². The summed E-state index contributed by atoms with van der Waals surface area (Å²) in [5, 5.41) is 18.0. The largest absolute Gasteiger partial charge is 0.466 e. The summed E-state index contributed by atoms with van der Waals surface area (Å²) < 4.78 is 7.74. The van der Waals surface area contributed by atoms with Crippen molar-refractivity contribution in [2.45, 2.75) is 0 Å². The van der Waals surface area contributed by atoms with Gasteiger partial charge in [-0.05, 0) is 29.8 Å². The standard InChI is InChI=1S/C21H14BrClN6O4S/c22-14-3-1-13(2-4-14)18-12-34-21(27-26-19(30)11-33-20-10-24-7-8-25-20)28(18)16-6-5-15(23)9-17(16)29(31)32/h1-10,12H,11H2,(H,26,30)/b27-21+. The summed E-state index contributed by atoms with van der Waals surface area (Å²) in [7, 11) is 0. The number of nitrogens with one attached hydrogen (secondary N) is 1. The van der Waals surface area contributed by atoms with Crippen LogP contribution in [0.4, 0.5) is 5.69 Å². The lowest BCUT2D eigenvalue weighted by atomic mass is 10.1. The molecular weight excluding hydrogens is 548 g/mol. The Kier molecular flexibility index (Phi) is 7.30. The molecule has 0 fully saturated rings.